The summed E-state index contributed by atoms with van der Waals surface area (Å²) in [6.07, 6.45) is 1.51. The third kappa shape index (κ3) is 4.78. The number of nitrogens with zero attached hydrogens (tertiary/aromatic N) is 1. The predicted molar refractivity (Wildman–Crippen MR) is 73.6 cm³/mol. The molecule has 1 heterocycles. The summed E-state index contributed by atoms with van der Waals surface area (Å²) in [4.78, 5) is 14.1. The van der Waals surface area contributed by atoms with Gasteiger partial charge in [-0.05, 0) is 33.6 Å². The molecule has 0 aromatic rings. The van der Waals surface area contributed by atoms with Gasteiger partial charge in [-0.15, -0.1) is 0 Å². The number of aliphatic hydroxyl groups is 1. The van der Waals surface area contributed by atoms with Crippen LogP contribution in [0.25, 0.3) is 0 Å². The van der Waals surface area contributed by atoms with Crippen molar-refractivity contribution in [1.29, 1.82) is 0 Å². The van der Waals surface area contributed by atoms with Crippen LogP contribution in [0.2, 0.25) is 0 Å². The molecule has 1 rings (SSSR count). The van der Waals surface area contributed by atoms with Gasteiger partial charge in [0, 0.05) is 6.54 Å². The van der Waals surface area contributed by atoms with Gasteiger partial charge in [-0.1, -0.05) is 12.2 Å². The largest absolute Gasteiger partial charge is 0.444 e. The molecule has 0 aliphatic carbocycles. The zero-order valence-corrected chi connectivity index (χ0v) is 12.0. The molecular formula is C12H22N2O3S. The number of aliphatic hydroxyl groups excluding tert-OH is 1. The van der Waals surface area contributed by atoms with Gasteiger partial charge in [0.2, 0.25) is 0 Å². The van der Waals surface area contributed by atoms with E-state index in [0.29, 0.717) is 4.99 Å². The second-order valence-electron chi connectivity index (χ2n) is 5.42. The first-order chi connectivity index (χ1) is 8.33. The van der Waals surface area contributed by atoms with Gasteiger partial charge in [-0.2, -0.15) is 0 Å². The number of nitrogens with one attached hydrogen (secondary N) is 1. The van der Waals surface area contributed by atoms with Crippen LogP contribution in [0.1, 0.15) is 33.6 Å². The fourth-order valence-corrected chi connectivity index (χ4v) is 2.23. The number of thiocarbonyl (C=S) groups is 1. The van der Waals surface area contributed by atoms with Crippen molar-refractivity contribution in [3.63, 3.8) is 0 Å². The minimum absolute atomic E-state index is 0.0953. The van der Waals surface area contributed by atoms with E-state index in [0.717, 1.165) is 19.4 Å². The lowest BCUT2D eigenvalue weighted by Crippen LogP contribution is -2.43. The molecule has 0 saturated carbocycles. The minimum atomic E-state index is -0.507. The van der Waals surface area contributed by atoms with Crippen LogP contribution in [-0.4, -0.2) is 52.4 Å². The Morgan fingerprint density at radius 3 is 2.78 bits per heavy atom. The summed E-state index contributed by atoms with van der Waals surface area (Å²) in [6, 6.07) is 0.0953. The van der Waals surface area contributed by atoms with E-state index in [1.807, 2.05) is 25.7 Å². The smallest absolute Gasteiger partial charge is 0.408 e. The van der Waals surface area contributed by atoms with Gasteiger partial charge in [0.1, 0.15) is 5.60 Å². The van der Waals surface area contributed by atoms with Crippen molar-refractivity contribution < 1.29 is 14.6 Å². The van der Waals surface area contributed by atoms with Crippen molar-refractivity contribution in [2.24, 2.45) is 0 Å². The van der Waals surface area contributed by atoms with Crippen molar-refractivity contribution >= 4 is 23.3 Å². The van der Waals surface area contributed by atoms with Gasteiger partial charge in [0.05, 0.1) is 24.2 Å². The van der Waals surface area contributed by atoms with Crippen LogP contribution in [0.4, 0.5) is 4.79 Å². The third-order valence-corrected chi connectivity index (χ3v) is 3.07. The predicted octanol–water partition coefficient (Wildman–Crippen LogP) is 1.30. The van der Waals surface area contributed by atoms with Crippen LogP contribution in [0, 0.1) is 0 Å². The van der Waals surface area contributed by atoms with Crippen LogP contribution in [0.5, 0.6) is 0 Å². The summed E-state index contributed by atoms with van der Waals surface area (Å²) < 4.78 is 5.13. The molecule has 0 radical (unpaired) electrons. The quantitative estimate of drug-likeness (QED) is 0.760. The number of carbonyl (C=O) groups is 1. The second kappa shape index (κ2) is 6.33. The summed E-state index contributed by atoms with van der Waals surface area (Å²) in [7, 11) is 0. The minimum Gasteiger partial charge on any atom is -0.444 e. The lowest BCUT2D eigenvalue weighted by atomic mass is 10.2. The van der Waals surface area contributed by atoms with Crippen molar-refractivity contribution in [2.75, 3.05) is 19.7 Å². The fourth-order valence-electron chi connectivity index (χ4n) is 1.92. The lowest BCUT2D eigenvalue weighted by Gasteiger charge is -2.26. The summed E-state index contributed by atoms with van der Waals surface area (Å²) in [5.74, 6) is 0. The summed E-state index contributed by atoms with van der Waals surface area (Å²) >= 11 is 5.26. The van der Waals surface area contributed by atoms with Crippen LogP contribution >= 0.6 is 12.2 Å². The van der Waals surface area contributed by atoms with Crippen LogP contribution < -0.4 is 5.32 Å². The average molecular weight is 274 g/mol. The molecule has 0 aromatic heterocycles. The van der Waals surface area contributed by atoms with E-state index in [1.165, 1.54) is 0 Å². The maximum absolute atomic E-state index is 11.5. The first-order valence-electron chi connectivity index (χ1n) is 6.20. The molecule has 1 atom stereocenters. The van der Waals surface area contributed by atoms with Gasteiger partial charge in [-0.25, -0.2) is 4.79 Å². The number of carbonyl (C=O) groups excluding carboxylic acids is 1. The van der Waals surface area contributed by atoms with Crippen LogP contribution in [-0.2, 0) is 4.74 Å². The molecule has 0 aromatic carbocycles. The maximum atomic E-state index is 11.5. The van der Waals surface area contributed by atoms with Crippen LogP contribution in [0.15, 0.2) is 0 Å². The molecule has 2 N–H and O–H groups in total. The Morgan fingerprint density at radius 1 is 1.56 bits per heavy atom. The fraction of sp³-hybridized carbons (Fsp3) is 0.833. The normalized spacial score (nSPS) is 19.8. The van der Waals surface area contributed by atoms with Crippen LogP contribution in [0.3, 0.4) is 0 Å². The van der Waals surface area contributed by atoms with Gasteiger partial charge in [0.15, 0.2) is 0 Å². The highest BCUT2D eigenvalue weighted by Gasteiger charge is 2.26. The molecule has 1 saturated heterocycles. The van der Waals surface area contributed by atoms with E-state index in [1.54, 1.807) is 0 Å². The van der Waals surface area contributed by atoms with E-state index in [2.05, 4.69) is 5.32 Å². The van der Waals surface area contributed by atoms with Crippen molar-refractivity contribution in [3.8, 4) is 0 Å². The summed E-state index contributed by atoms with van der Waals surface area (Å²) in [6.45, 7) is 6.67. The first-order valence-corrected chi connectivity index (χ1v) is 6.61. The monoisotopic (exact) mass is 274 g/mol. The highest BCUT2D eigenvalue weighted by molar-refractivity contribution is 7.80. The molecule has 1 aliphatic rings. The molecule has 5 nitrogen and oxygen atoms in total. The second-order valence-corrected chi connectivity index (χ2v) is 5.89. The molecule has 1 fully saturated rings. The number of rotatable bonds is 3. The van der Waals surface area contributed by atoms with Gasteiger partial charge in [-0.3, -0.25) is 0 Å². The highest BCUT2D eigenvalue weighted by atomic mass is 32.1. The van der Waals surface area contributed by atoms with E-state index in [9.17, 15) is 9.90 Å². The Labute approximate surface area is 113 Å². The zero-order chi connectivity index (χ0) is 13.8. The highest BCUT2D eigenvalue weighted by Crippen LogP contribution is 2.17. The molecular weight excluding hydrogens is 252 g/mol. The standard InChI is InChI=1S/C12H22N2O3S/c1-12(2,3)17-11(16)13-7-10(18)14-6-4-5-9(14)8-15/h9,15H,4-8H2,1-3H3,(H,13,16)/t9-/m1/s1. The number of hydrogen-bond donors (Lipinski definition) is 2. The Hall–Kier alpha value is -0.880. The van der Waals surface area contributed by atoms with E-state index >= 15 is 0 Å². The van der Waals surface area contributed by atoms with Crippen molar-refractivity contribution in [3.05, 3.63) is 0 Å². The molecule has 6 heteroatoms. The number of hydrogen-bond acceptors (Lipinski definition) is 4. The lowest BCUT2D eigenvalue weighted by molar-refractivity contribution is 0.0534. The zero-order valence-electron chi connectivity index (χ0n) is 11.2. The average Bonchev–Trinajstić information content (AvgIpc) is 2.71. The Morgan fingerprint density at radius 2 is 2.22 bits per heavy atom. The Kier molecular flexibility index (Phi) is 5.34. The number of ether oxygens (including phenoxy) is 1. The topological polar surface area (TPSA) is 61.8 Å². The molecule has 1 aliphatic heterocycles. The molecule has 0 bridgehead atoms. The third-order valence-electron chi connectivity index (χ3n) is 2.69. The van der Waals surface area contributed by atoms with Gasteiger partial charge < -0.3 is 20.1 Å². The molecule has 0 unspecified atom stereocenters. The number of alkyl carbamates (subject to hydrolysis) is 1. The molecule has 1 amide bonds. The Balaban J connectivity index is 2.35. The van der Waals surface area contributed by atoms with Gasteiger partial charge >= 0.3 is 6.09 Å². The van der Waals surface area contributed by atoms with E-state index in [4.69, 9.17) is 17.0 Å². The summed E-state index contributed by atoms with van der Waals surface area (Å²) in [5, 5.41) is 11.8. The molecule has 18 heavy (non-hydrogen) atoms. The van der Waals surface area contributed by atoms with Crippen molar-refractivity contribution in [1.82, 2.24) is 10.2 Å². The molecule has 104 valence electrons. The van der Waals surface area contributed by atoms with Gasteiger partial charge in [0.25, 0.3) is 0 Å². The summed E-state index contributed by atoms with van der Waals surface area (Å²) in [5.41, 5.74) is -0.507. The maximum Gasteiger partial charge on any atom is 0.408 e. The van der Waals surface area contributed by atoms with E-state index < -0.39 is 11.7 Å². The van der Waals surface area contributed by atoms with E-state index in [-0.39, 0.29) is 19.2 Å². The first kappa shape index (κ1) is 15.2. The van der Waals surface area contributed by atoms with Crippen molar-refractivity contribution in [2.45, 2.75) is 45.3 Å². The SMILES string of the molecule is CC(C)(C)OC(=O)NCC(=S)N1CCC[C@@H]1CO. The number of likely N-dealkylation sites (tertiary alicyclic amines) is 1. The Bertz CT molecular complexity index is 315. The number of amides is 1. The molecule has 0 spiro atoms.